The summed E-state index contributed by atoms with van der Waals surface area (Å²) < 4.78 is 2.11. The van der Waals surface area contributed by atoms with E-state index in [1.165, 1.54) is 5.56 Å². The van der Waals surface area contributed by atoms with Crippen molar-refractivity contribution in [3.8, 4) is 16.9 Å². The van der Waals surface area contributed by atoms with Gasteiger partial charge >= 0.3 is 0 Å². The maximum Gasteiger partial charge on any atom is 0.161 e. The second-order valence-corrected chi connectivity index (χ2v) is 8.09. The van der Waals surface area contributed by atoms with Crippen LogP contribution in [0.2, 0.25) is 0 Å². The number of hydrogen-bond donors (Lipinski definition) is 1. The van der Waals surface area contributed by atoms with Crippen molar-refractivity contribution >= 4 is 45.7 Å². The molecule has 0 fully saturated rings. The second kappa shape index (κ2) is 8.96. The average Bonchev–Trinajstić information content (AvgIpc) is 3.28. The van der Waals surface area contributed by atoms with Gasteiger partial charge in [0, 0.05) is 27.7 Å². The Kier molecular flexibility index (Phi) is 5.70. The zero-order valence-corrected chi connectivity index (χ0v) is 19.3. The van der Waals surface area contributed by atoms with Crippen LogP contribution in [0.15, 0.2) is 103 Å². The minimum Gasteiger partial charge on any atom is -0.338 e. The summed E-state index contributed by atoms with van der Waals surface area (Å²) in [5.41, 5.74) is 7.15. The van der Waals surface area contributed by atoms with Crippen LogP contribution in [0, 0.1) is 6.92 Å². The largest absolute Gasteiger partial charge is 0.338 e. The van der Waals surface area contributed by atoms with Gasteiger partial charge in [0.2, 0.25) is 0 Å². The molecule has 0 atom stereocenters. The van der Waals surface area contributed by atoms with Crippen molar-refractivity contribution in [2.45, 2.75) is 6.92 Å². The smallest absolute Gasteiger partial charge is 0.161 e. The Balaban J connectivity index is 0.00000241. The number of hydrogen-bond acceptors (Lipinski definition) is 4. The predicted molar refractivity (Wildman–Crippen MR) is 141 cm³/mol. The molecule has 2 aromatic heterocycles. The molecule has 34 heavy (non-hydrogen) atoms. The zero-order valence-electron chi connectivity index (χ0n) is 18.5. The summed E-state index contributed by atoms with van der Waals surface area (Å²) in [6.45, 7) is 2.10. The van der Waals surface area contributed by atoms with E-state index in [1.54, 1.807) is 0 Å². The first-order valence-corrected chi connectivity index (χ1v) is 10.9. The minimum absolute atomic E-state index is 0. The van der Waals surface area contributed by atoms with E-state index in [0.717, 1.165) is 50.3 Å². The standard InChI is InChI=1S/C28H21N5.ClH/c1-19-8-7-11-22(16-19)33-18-29-25-17-21(14-15-26(25)33)30-28-24-13-6-5-12-23(24)27(31-32-28)20-9-3-2-4-10-20;/h2-18H,1H3,(H,30,32);1H. The molecule has 4 aromatic carbocycles. The van der Waals surface area contributed by atoms with Crippen LogP contribution >= 0.6 is 12.4 Å². The molecule has 0 saturated carbocycles. The monoisotopic (exact) mass is 463 g/mol. The Labute approximate surface area is 203 Å². The summed E-state index contributed by atoms with van der Waals surface area (Å²) in [7, 11) is 0. The average molecular weight is 464 g/mol. The molecule has 0 aliphatic rings. The SMILES string of the molecule is Cc1cccc(-n2cnc3cc(Nc4nnc(-c5ccccc5)c5ccccc45)ccc32)c1.Cl. The lowest BCUT2D eigenvalue weighted by Crippen LogP contribution is -1.99. The van der Waals surface area contributed by atoms with Crippen molar-refractivity contribution in [2.75, 3.05) is 5.32 Å². The van der Waals surface area contributed by atoms with Gasteiger partial charge in [0.25, 0.3) is 0 Å². The molecule has 166 valence electrons. The molecule has 6 heteroatoms. The van der Waals surface area contributed by atoms with Crippen molar-refractivity contribution < 1.29 is 0 Å². The Morgan fingerprint density at radius 2 is 1.53 bits per heavy atom. The van der Waals surface area contributed by atoms with Gasteiger partial charge in [-0.1, -0.05) is 66.7 Å². The van der Waals surface area contributed by atoms with Crippen LogP contribution in [-0.4, -0.2) is 19.7 Å². The number of nitrogens with one attached hydrogen (secondary N) is 1. The Morgan fingerprint density at radius 3 is 2.35 bits per heavy atom. The molecule has 0 unspecified atom stereocenters. The molecule has 0 aliphatic carbocycles. The molecule has 0 aliphatic heterocycles. The van der Waals surface area contributed by atoms with Crippen molar-refractivity contribution in [1.82, 2.24) is 19.7 Å². The summed E-state index contributed by atoms with van der Waals surface area (Å²) >= 11 is 0. The number of imidazole rings is 1. The predicted octanol–water partition coefficient (Wildman–Crippen LogP) is 7.11. The first-order valence-electron chi connectivity index (χ1n) is 10.9. The van der Waals surface area contributed by atoms with E-state index in [-0.39, 0.29) is 12.4 Å². The number of anilines is 2. The van der Waals surface area contributed by atoms with E-state index in [4.69, 9.17) is 0 Å². The molecule has 1 N–H and O–H groups in total. The van der Waals surface area contributed by atoms with Gasteiger partial charge in [-0.3, -0.25) is 4.57 Å². The fraction of sp³-hybridized carbons (Fsp3) is 0.0357. The topological polar surface area (TPSA) is 55.6 Å². The van der Waals surface area contributed by atoms with Crippen LogP contribution in [0.5, 0.6) is 0 Å². The van der Waals surface area contributed by atoms with Gasteiger partial charge in [0.15, 0.2) is 5.82 Å². The van der Waals surface area contributed by atoms with Crippen molar-refractivity contribution in [3.05, 3.63) is 109 Å². The van der Waals surface area contributed by atoms with Crippen LogP contribution in [0.25, 0.3) is 38.8 Å². The van der Waals surface area contributed by atoms with E-state index in [0.29, 0.717) is 0 Å². The number of fused-ring (bicyclic) bond motifs is 2. The van der Waals surface area contributed by atoms with Gasteiger partial charge in [0.1, 0.15) is 12.0 Å². The Hall–Kier alpha value is -4.22. The molecular formula is C28H22ClN5. The van der Waals surface area contributed by atoms with E-state index < -0.39 is 0 Å². The number of nitrogens with zero attached hydrogens (tertiary/aromatic N) is 4. The lowest BCUT2D eigenvalue weighted by atomic mass is 10.0. The molecule has 2 heterocycles. The van der Waals surface area contributed by atoms with Crippen LogP contribution < -0.4 is 5.32 Å². The molecular weight excluding hydrogens is 442 g/mol. The fourth-order valence-electron chi connectivity index (χ4n) is 4.22. The van der Waals surface area contributed by atoms with Gasteiger partial charge < -0.3 is 5.32 Å². The number of aryl methyl sites for hydroxylation is 1. The van der Waals surface area contributed by atoms with Gasteiger partial charge in [-0.2, -0.15) is 0 Å². The van der Waals surface area contributed by atoms with Crippen LogP contribution in [-0.2, 0) is 0 Å². The minimum atomic E-state index is 0. The highest BCUT2D eigenvalue weighted by atomic mass is 35.5. The molecule has 0 saturated heterocycles. The summed E-state index contributed by atoms with van der Waals surface area (Å²) in [6, 6.07) is 33.0. The highest BCUT2D eigenvalue weighted by Crippen LogP contribution is 2.31. The number of aromatic nitrogens is 4. The first-order chi connectivity index (χ1) is 16.3. The molecule has 0 radical (unpaired) electrons. The summed E-state index contributed by atoms with van der Waals surface area (Å²) in [5, 5.41) is 14.6. The normalized spacial score (nSPS) is 10.9. The van der Waals surface area contributed by atoms with E-state index in [2.05, 4.69) is 92.7 Å². The maximum absolute atomic E-state index is 4.63. The highest BCUT2D eigenvalue weighted by Gasteiger charge is 2.12. The van der Waals surface area contributed by atoms with Gasteiger partial charge in [-0.05, 0) is 42.8 Å². The van der Waals surface area contributed by atoms with Crippen LogP contribution in [0.3, 0.4) is 0 Å². The van der Waals surface area contributed by atoms with Crippen molar-refractivity contribution in [3.63, 3.8) is 0 Å². The van der Waals surface area contributed by atoms with Crippen LogP contribution in [0.1, 0.15) is 5.56 Å². The van der Waals surface area contributed by atoms with Crippen molar-refractivity contribution in [2.24, 2.45) is 0 Å². The molecule has 0 bridgehead atoms. The Bertz CT molecular complexity index is 1610. The third kappa shape index (κ3) is 3.87. The van der Waals surface area contributed by atoms with Gasteiger partial charge in [0.05, 0.1) is 11.0 Å². The van der Waals surface area contributed by atoms with Crippen LogP contribution in [0.4, 0.5) is 11.5 Å². The highest BCUT2D eigenvalue weighted by molar-refractivity contribution is 6.01. The zero-order chi connectivity index (χ0) is 22.2. The third-order valence-corrected chi connectivity index (χ3v) is 5.82. The molecule has 6 rings (SSSR count). The lowest BCUT2D eigenvalue weighted by molar-refractivity contribution is 1.06. The summed E-state index contributed by atoms with van der Waals surface area (Å²) in [6.07, 6.45) is 1.87. The summed E-state index contributed by atoms with van der Waals surface area (Å²) in [5.74, 6) is 0.725. The number of halogens is 1. The van der Waals surface area contributed by atoms with E-state index in [1.807, 2.05) is 42.7 Å². The van der Waals surface area contributed by atoms with E-state index >= 15 is 0 Å². The molecule has 6 aromatic rings. The maximum atomic E-state index is 4.63. The number of rotatable bonds is 4. The third-order valence-electron chi connectivity index (χ3n) is 5.82. The van der Waals surface area contributed by atoms with Gasteiger partial charge in [-0.15, -0.1) is 22.6 Å². The molecule has 5 nitrogen and oxygen atoms in total. The molecule has 0 amide bonds. The molecule has 0 spiro atoms. The first kappa shape index (κ1) is 21.6. The summed E-state index contributed by atoms with van der Waals surface area (Å²) in [4.78, 5) is 4.63. The van der Waals surface area contributed by atoms with E-state index in [9.17, 15) is 0 Å². The van der Waals surface area contributed by atoms with Crippen molar-refractivity contribution in [1.29, 1.82) is 0 Å². The lowest BCUT2D eigenvalue weighted by Gasteiger charge is -2.11. The number of benzene rings is 4. The quantitative estimate of drug-likeness (QED) is 0.302. The van der Waals surface area contributed by atoms with Gasteiger partial charge in [-0.25, -0.2) is 4.98 Å². The second-order valence-electron chi connectivity index (χ2n) is 8.09. The fourth-order valence-corrected chi connectivity index (χ4v) is 4.22. The Morgan fingerprint density at radius 1 is 0.735 bits per heavy atom.